The summed E-state index contributed by atoms with van der Waals surface area (Å²) in [6.45, 7) is 2.20. The molecule has 1 aromatic carbocycles. The van der Waals surface area contributed by atoms with Gasteiger partial charge in [0.1, 0.15) is 0 Å². The van der Waals surface area contributed by atoms with Crippen molar-refractivity contribution in [1.29, 1.82) is 0 Å². The number of likely N-dealkylation sites (tertiary alicyclic amines) is 1. The number of nitrogens with one attached hydrogen (secondary N) is 2. The average molecular weight is 425 g/mol. The number of aromatic amines is 1. The first-order chi connectivity index (χ1) is 15.2. The highest BCUT2D eigenvalue weighted by atomic mass is 16.5. The standard InChI is InChI=1S/C22H28N6O3/c1-31-12-10-23-22(30)20-15-28(26-25-20)17-5-4-11-27(14-17)21(29)9-8-16-13-24-19-7-3-2-6-18(16)19/h2-3,6-7,13,15,17,24H,4-5,8-12,14H2,1H3,(H,23,30). The number of hydrogen-bond acceptors (Lipinski definition) is 5. The van der Waals surface area contributed by atoms with Crippen molar-refractivity contribution in [3.05, 3.63) is 47.9 Å². The van der Waals surface area contributed by atoms with Crippen LogP contribution in [0.5, 0.6) is 0 Å². The number of methoxy groups -OCH3 is 1. The minimum Gasteiger partial charge on any atom is -0.383 e. The number of nitrogens with zero attached hydrogens (tertiary/aromatic N) is 4. The van der Waals surface area contributed by atoms with Gasteiger partial charge in [-0.2, -0.15) is 0 Å². The van der Waals surface area contributed by atoms with E-state index >= 15 is 0 Å². The zero-order chi connectivity index (χ0) is 21.6. The molecule has 3 aromatic rings. The lowest BCUT2D eigenvalue weighted by molar-refractivity contribution is -0.132. The zero-order valence-corrected chi connectivity index (χ0v) is 17.7. The van der Waals surface area contributed by atoms with Crippen molar-refractivity contribution in [1.82, 2.24) is 30.2 Å². The minimum atomic E-state index is -0.272. The molecule has 2 aromatic heterocycles. The summed E-state index contributed by atoms with van der Waals surface area (Å²) in [6.07, 6.45) is 6.63. The van der Waals surface area contributed by atoms with Crippen molar-refractivity contribution in [2.45, 2.75) is 31.7 Å². The molecule has 9 nitrogen and oxygen atoms in total. The number of H-pyrrole nitrogens is 1. The third-order valence-corrected chi connectivity index (χ3v) is 5.74. The molecule has 0 aliphatic carbocycles. The fourth-order valence-corrected chi connectivity index (χ4v) is 4.05. The summed E-state index contributed by atoms with van der Waals surface area (Å²) in [5.41, 5.74) is 2.54. The largest absolute Gasteiger partial charge is 0.383 e. The molecular formula is C22H28N6O3. The molecule has 1 aliphatic heterocycles. The molecule has 0 saturated carbocycles. The van der Waals surface area contributed by atoms with Crippen molar-refractivity contribution in [3.63, 3.8) is 0 Å². The van der Waals surface area contributed by atoms with Crippen LogP contribution in [0, 0.1) is 0 Å². The summed E-state index contributed by atoms with van der Waals surface area (Å²) in [5, 5.41) is 12.0. The quantitative estimate of drug-likeness (QED) is 0.538. The first kappa shape index (κ1) is 21.0. The number of ether oxygens (including phenoxy) is 1. The number of carbonyl (C=O) groups is 2. The average Bonchev–Trinajstić information content (AvgIpc) is 3.45. The van der Waals surface area contributed by atoms with E-state index in [0.717, 1.165) is 30.5 Å². The molecule has 1 saturated heterocycles. The van der Waals surface area contributed by atoms with Crippen LogP contribution in [0.4, 0.5) is 0 Å². The van der Waals surface area contributed by atoms with Crippen molar-refractivity contribution in [2.24, 2.45) is 0 Å². The summed E-state index contributed by atoms with van der Waals surface area (Å²) >= 11 is 0. The molecule has 2 amide bonds. The van der Waals surface area contributed by atoms with Gasteiger partial charge in [0, 0.05) is 50.3 Å². The Morgan fingerprint density at radius 2 is 2.19 bits per heavy atom. The molecule has 0 spiro atoms. The van der Waals surface area contributed by atoms with Gasteiger partial charge in [-0.25, -0.2) is 4.68 Å². The van der Waals surface area contributed by atoms with Gasteiger partial charge in [-0.15, -0.1) is 5.10 Å². The fourth-order valence-electron chi connectivity index (χ4n) is 4.05. The van der Waals surface area contributed by atoms with Crippen LogP contribution < -0.4 is 5.32 Å². The lowest BCUT2D eigenvalue weighted by Gasteiger charge is -2.32. The van der Waals surface area contributed by atoms with Gasteiger partial charge in [-0.3, -0.25) is 9.59 Å². The van der Waals surface area contributed by atoms with E-state index < -0.39 is 0 Å². The molecule has 1 unspecified atom stereocenters. The Kier molecular flexibility index (Phi) is 6.61. The summed E-state index contributed by atoms with van der Waals surface area (Å²) in [5.74, 6) is -0.126. The molecule has 2 N–H and O–H groups in total. The van der Waals surface area contributed by atoms with Crippen LogP contribution in [-0.4, -0.2) is 70.0 Å². The van der Waals surface area contributed by atoms with Crippen LogP contribution in [0.2, 0.25) is 0 Å². The Balaban J connectivity index is 1.33. The van der Waals surface area contributed by atoms with E-state index in [1.807, 2.05) is 29.3 Å². The molecule has 1 atom stereocenters. The van der Waals surface area contributed by atoms with Crippen LogP contribution in [0.3, 0.4) is 0 Å². The number of piperidine rings is 1. The van der Waals surface area contributed by atoms with E-state index in [2.05, 4.69) is 26.7 Å². The van der Waals surface area contributed by atoms with E-state index in [-0.39, 0.29) is 23.6 Å². The maximum atomic E-state index is 12.9. The van der Waals surface area contributed by atoms with E-state index in [1.54, 1.807) is 18.0 Å². The van der Waals surface area contributed by atoms with Gasteiger partial charge in [0.15, 0.2) is 5.69 Å². The summed E-state index contributed by atoms with van der Waals surface area (Å²) in [7, 11) is 1.58. The second-order valence-corrected chi connectivity index (χ2v) is 7.83. The first-order valence-corrected chi connectivity index (χ1v) is 10.7. The molecular weight excluding hydrogens is 396 g/mol. The summed E-state index contributed by atoms with van der Waals surface area (Å²) < 4.78 is 6.64. The second kappa shape index (κ2) is 9.74. The normalized spacial score (nSPS) is 16.5. The third kappa shape index (κ3) is 4.93. The maximum Gasteiger partial charge on any atom is 0.273 e. The Labute approximate surface area is 180 Å². The summed E-state index contributed by atoms with van der Waals surface area (Å²) in [4.78, 5) is 30.2. The third-order valence-electron chi connectivity index (χ3n) is 5.74. The maximum absolute atomic E-state index is 12.9. The number of fused-ring (bicyclic) bond motifs is 1. The van der Waals surface area contributed by atoms with Gasteiger partial charge < -0.3 is 19.9 Å². The molecule has 164 valence electrons. The van der Waals surface area contributed by atoms with E-state index in [1.165, 1.54) is 5.39 Å². The molecule has 9 heteroatoms. The van der Waals surface area contributed by atoms with E-state index in [9.17, 15) is 9.59 Å². The predicted octanol–water partition coefficient (Wildman–Crippen LogP) is 1.93. The fraction of sp³-hybridized carbons (Fsp3) is 0.455. The SMILES string of the molecule is COCCNC(=O)c1cn(C2CCCN(C(=O)CCc3c[nH]c4ccccc34)C2)nn1. The van der Waals surface area contributed by atoms with E-state index in [0.29, 0.717) is 32.5 Å². The topological polar surface area (TPSA) is 105 Å². The van der Waals surface area contributed by atoms with Crippen LogP contribution in [0.25, 0.3) is 10.9 Å². The Morgan fingerprint density at radius 1 is 1.32 bits per heavy atom. The number of benzene rings is 1. The second-order valence-electron chi connectivity index (χ2n) is 7.83. The van der Waals surface area contributed by atoms with Gasteiger partial charge in [-0.1, -0.05) is 23.4 Å². The van der Waals surface area contributed by atoms with E-state index in [4.69, 9.17) is 4.74 Å². The van der Waals surface area contributed by atoms with Crippen LogP contribution in [0.1, 0.15) is 41.4 Å². The predicted molar refractivity (Wildman–Crippen MR) is 116 cm³/mol. The molecule has 31 heavy (non-hydrogen) atoms. The minimum absolute atomic E-state index is 0.0267. The Hall–Kier alpha value is -3.20. The lowest BCUT2D eigenvalue weighted by Crippen LogP contribution is -2.41. The molecule has 1 fully saturated rings. The van der Waals surface area contributed by atoms with Gasteiger partial charge in [0.05, 0.1) is 18.8 Å². The first-order valence-electron chi connectivity index (χ1n) is 10.7. The number of amides is 2. The van der Waals surface area contributed by atoms with Crippen LogP contribution >= 0.6 is 0 Å². The van der Waals surface area contributed by atoms with Crippen LogP contribution in [0.15, 0.2) is 36.7 Å². The molecule has 4 rings (SSSR count). The molecule has 3 heterocycles. The zero-order valence-electron chi connectivity index (χ0n) is 17.7. The van der Waals surface area contributed by atoms with Gasteiger partial charge in [0.25, 0.3) is 5.91 Å². The molecule has 0 bridgehead atoms. The monoisotopic (exact) mass is 424 g/mol. The highest BCUT2D eigenvalue weighted by Crippen LogP contribution is 2.23. The number of rotatable bonds is 8. The van der Waals surface area contributed by atoms with Crippen molar-refractivity contribution >= 4 is 22.7 Å². The smallest absolute Gasteiger partial charge is 0.273 e. The van der Waals surface area contributed by atoms with Crippen molar-refractivity contribution in [3.8, 4) is 0 Å². The van der Waals surface area contributed by atoms with Crippen molar-refractivity contribution < 1.29 is 14.3 Å². The number of aromatic nitrogens is 4. The number of hydrogen-bond donors (Lipinski definition) is 2. The summed E-state index contributed by atoms with van der Waals surface area (Å²) in [6, 6.07) is 8.16. The Bertz CT molecular complexity index is 1040. The number of para-hydroxylation sites is 1. The van der Waals surface area contributed by atoms with Crippen LogP contribution in [-0.2, 0) is 16.0 Å². The lowest BCUT2D eigenvalue weighted by atomic mass is 10.0. The highest BCUT2D eigenvalue weighted by molar-refractivity contribution is 5.91. The number of carbonyl (C=O) groups excluding carboxylic acids is 2. The Morgan fingerprint density at radius 3 is 3.06 bits per heavy atom. The highest BCUT2D eigenvalue weighted by Gasteiger charge is 2.26. The molecule has 1 aliphatic rings. The molecule has 0 radical (unpaired) electrons. The number of aryl methyl sites for hydroxylation is 1. The van der Waals surface area contributed by atoms with Gasteiger partial charge in [-0.05, 0) is 30.9 Å². The van der Waals surface area contributed by atoms with Crippen molar-refractivity contribution in [2.75, 3.05) is 33.4 Å². The van der Waals surface area contributed by atoms with Gasteiger partial charge >= 0.3 is 0 Å². The van der Waals surface area contributed by atoms with Gasteiger partial charge in [0.2, 0.25) is 5.91 Å².